The molecule has 0 spiro atoms. The lowest BCUT2D eigenvalue weighted by molar-refractivity contribution is -0.140. The number of aryl methyl sites for hydroxylation is 1. The predicted molar refractivity (Wildman–Crippen MR) is 95.7 cm³/mol. The van der Waals surface area contributed by atoms with Crippen LogP contribution in [-0.2, 0) is 19.6 Å². The van der Waals surface area contributed by atoms with Gasteiger partial charge in [0.1, 0.15) is 16.8 Å². The molecular formula is C17H25N3O5S. The second-order valence-corrected chi connectivity index (χ2v) is 8.89. The van der Waals surface area contributed by atoms with Crippen molar-refractivity contribution < 1.29 is 23.1 Å². The molecule has 0 unspecified atom stereocenters. The average Bonchev–Trinajstić information content (AvgIpc) is 3.05. The summed E-state index contributed by atoms with van der Waals surface area (Å²) in [6.07, 6.45) is 0.864. The van der Waals surface area contributed by atoms with Crippen molar-refractivity contribution in [3.8, 4) is 0 Å². The fraction of sp³-hybridized carbons (Fsp3) is 0.647. The van der Waals surface area contributed by atoms with Crippen LogP contribution < -0.4 is 4.90 Å². The second-order valence-electron chi connectivity index (χ2n) is 7.03. The van der Waals surface area contributed by atoms with Crippen molar-refractivity contribution in [2.45, 2.75) is 56.6 Å². The van der Waals surface area contributed by atoms with Gasteiger partial charge >= 0.3 is 5.97 Å². The molecule has 2 saturated heterocycles. The molecule has 0 aromatic carbocycles. The van der Waals surface area contributed by atoms with Gasteiger partial charge in [0, 0.05) is 12.2 Å². The fourth-order valence-corrected chi connectivity index (χ4v) is 5.51. The van der Waals surface area contributed by atoms with E-state index in [1.807, 2.05) is 25.7 Å². The monoisotopic (exact) mass is 383 g/mol. The molecule has 26 heavy (non-hydrogen) atoms. The third-order valence-electron chi connectivity index (χ3n) is 4.97. The van der Waals surface area contributed by atoms with Crippen LogP contribution in [0.25, 0.3) is 0 Å². The number of hydrogen-bond acceptors (Lipinski definition) is 6. The Kier molecular flexibility index (Phi) is 5.23. The van der Waals surface area contributed by atoms with Gasteiger partial charge in [-0.1, -0.05) is 0 Å². The van der Waals surface area contributed by atoms with Crippen LogP contribution in [-0.4, -0.2) is 66.7 Å². The standard InChI is InChI=1S/C17H25N3O5S/c1-11-6-7-15(16(18-11)20-12(2)9-25-10-13(20)3)26(23,24)19-8-4-5-14(19)17(21)22/h6-7,12-14H,4-5,8-10H2,1-3H3,(H,21,22)/t12-,13-,14-/m0/s1. The average molecular weight is 383 g/mol. The Morgan fingerprint density at radius 2 is 1.92 bits per heavy atom. The first-order chi connectivity index (χ1) is 12.2. The third-order valence-corrected chi connectivity index (χ3v) is 6.90. The largest absolute Gasteiger partial charge is 0.480 e. The highest BCUT2D eigenvalue weighted by molar-refractivity contribution is 7.89. The summed E-state index contributed by atoms with van der Waals surface area (Å²) >= 11 is 0. The van der Waals surface area contributed by atoms with Gasteiger partial charge in [-0.15, -0.1) is 0 Å². The van der Waals surface area contributed by atoms with Crippen LogP contribution in [0.3, 0.4) is 0 Å². The number of rotatable bonds is 4. The van der Waals surface area contributed by atoms with E-state index in [1.54, 1.807) is 12.1 Å². The van der Waals surface area contributed by atoms with E-state index in [0.29, 0.717) is 37.6 Å². The van der Waals surface area contributed by atoms with Crippen molar-refractivity contribution in [1.29, 1.82) is 0 Å². The zero-order valence-electron chi connectivity index (χ0n) is 15.3. The maximum atomic E-state index is 13.3. The molecule has 2 fully saturated rings. The lowest BCUT2D eigenvalue weighted by Gasteiger charge is -2.40. The number of nitrogens with zero attached hydrogens (tertiary/aromatic N) is 3. The Labute approximate surface area is 153 Å². The van der Waals surface area contributed by atoms with Crippen molar-refractivity contribution in [2.75, 3.05) is 24.7 Å². The number of hydrogen-bond donors (Lipinski definition) is 1. The minimum atomic E-state index is -3.97. The molecule has 2 aliphatic rings. The summed E-state index contributed by atoms with van der Waals surface area (Å²) in [5, 5.41) is 9.39. The molecule has 3 atom stereocenters. The van der Waals surface area contributed by atoms with Crippen LogP contribution >= 0.6 is 0 Å². The molecule has 0 saturated carbocycles. The summed E-state index contributed by atoms with van der Waals surface area (Å²) in [7, 11) is -3.97. The predicted octanol–water partition coefficient (Wildman–Crippen LogP) is 1.24. The number of pyridine rings is 1. The molecule has 144 valence electrons. The first-order valence-electron chi connectivity index (χ1n) is 8.82. The van der Waals surface area contributed by atoms with Crippen LogP contribution in [0, 0.1) is 6.92 Å². The summed E-state index contributed by atoms with van der Waals surface area (Å²) in [5.41, 5.74) is 0.709. The normalized spacial score (nSPS) is 27.7. The van der Waals surface area contributed by atoms with Gasteiger partial charge in [-0.05, 0) is 45.7 Å². The van der Waals surface area contributed by atoms with Gasteiger partial charge in [0.2, 0.25) is 10.0 Å². The number of carbonyl (C=O) groups is 1. The van der Waals surface area contributed by atoms with Gasteiger partial charge in [0.15, 0.2) is 0 Å². The Bertz CT molecular complexity index is 788. The third kappa shape index (κ3) is 3.30. The lowest BCUT2D eigenvalue weighted by Crippen LogP contribution is -2.51. The van der Waals surface area contributed by atoms with Gasteiger partial charge in [-0.2, -0.15) is 4.31 Å². The Morgan fingerprint density at radius 3 is 2.54 bits per heavy atom. The molecule has 2 aliphatic heterocycles. The van der Waals surface area contributed by atoms with Crippen LogP contribution in [0.4, 0.5) is 5.82 Å². The van der Waals surface area contributed by atoms with Gasteiger partial charge < -0.3 is 14.7 Å². The highest BCUT2D eigenvalue weighted by Crippen LogP contribution is 2.34. The number of carboxylic acids is 1. The highest BCUT2D eigenvalue weighted by atomic mass is 32.2. The second kappa shape index (κ2) is 7.13. The molecule has 1 N–H and O–H groups in total. The number of aliphatic carboxylic acids is 1. The van der Waals surface area contributed by atoms with E-state index >= 15 is 0 Å². The molecular weight excluding hydrogens is 358 g/mol. The molecule has 3 heterocycles. The zero-order chi connectivity index (χ0) is 19.1. The topological polar surface area (TPSA) is 100 Å². The molecule has 1 aromatic rings. The summed E-state index contributed by atoms with van der Waals surface area (Å²) in [4.78, 5) is 18.0. The van der Waals surface area contributed by atoms with Gasteiger partial charge in [-0.3, -0.25) is 4.79 Å². The minimum Gasteiger partial charge on any atom is -0.480 e. The van der Waals surface area contributed by atoms with E-state index in [9.17, 15) is 18.3 Å². The zero-order valence-corrected chi connectivity index (χ0v) is 16.1. The number of ether oxygens (including phenoxy) is 1. The molecule has 0 aliphatic carbocycles. The van der Waals surface area contributed by atoms with Crippen LogP contribution in [0.2, 0.25) is 0 Å². The number of aromatic nitrogens is 1. The van der Waals surface area contributed by atoms with Crippen LogP contribution in [0.5, 0.6) is 0 Å². The van der Waals surface area contributed by atoms with Gasteiger partial charge in [0.25, 0.3) is 0 Å². The summed E-state index contributed by atoms with van der Waals surface area (Å²) in [6.45, 7) is 6.92. The fourth-order valence-electron chi connectivity index (χ4n) is 3.74. The smallest absolute Gasteiger partial charge is 0.322 e. The van der Waals surface area contributed by atoms with Crippen LogP contribution in [0.15, 0.2) is 17.0 Å². The van der Waals surface area contributed by atoms with Crippen molar-refractivity contribution in [1.82, 2.24) is 9.29 Å². The summed E-state index contributed by atoms with van der Waals surface area (Å²) in [6, 6.07) is 2.11. The minimum absolute atomic E-state index is 0.0316. The molecule has 3 rings (SSSR count). The van der Waals surface area contributed by atoms with E-state index in [4.69, 9.17) is 4.74 Å². The number of carboxylic acid groups (broad SMARTS) is 1. The molecule has 0 bridgehead atoms. The van der Waals surface area contributed by atoms with E-state index in [1.165, 1.54) is 0 Å². The van der Waals surface area contributed by atoms with E-state index in [0.717, 1.165) is 4.31 Å². The SMILES string of the molecule is Cc1ccc(S(=O)(=O)N2CCC[C@H]2C(=O)O)c(N2[C@@H](C)COC[C@@H]2C)n1. The van der Waals surface area contributed by atoms with Gasteiger partial charge in [-0.25, -0.2) is 13.4 Å². The summed E-state index contributed by atoms with van der Waals surface area (Å²) in [5.74, 6) is -0.731. The number of morpholine rings is 1. The lowest BCUT2D eigenvalue weighted by atomic mass is 10.1. The van der Waals surface area contributed by atoms with Gasteiger partial charge in [0.05, 0.1) is 25.3 Å². The molecule has 0 amide bonds. The number of anilines is 1. The Morgan fingerprint density at radius 1 is 1.27 bits per heavy atom. The van der Waals surface area contributed by atoms with Crippen molar-refractivity contribution in [2.24, 2.45) is 0 Å². The number of sulfonamides is 1. The van der Waals surface area contributed by atoms with E-state index in [2.05, 4.69) is 4.98 Å². The maximum Gasteiger partial charge on any atom is 0.322 e. The highest BCUT2D eigenvalue weighted by Gasteiger charge is 2.42. The van der Waals surface area contributed by atoms with Crippen molar-refractivity contribution in [3.63, 3.8) is 0 Å². The first-order valence-corrected chi connectivity index (χ1v) is 10.3. The van der Waals surface area contributed by atoms with E-state index < -0.39 is 22.0 Å². The Balaban J connectivity index is 2.09. The van der Waals surface area contributed by atoms with Crippen LogP contribution in [0.1, 0.15) is 32.4 Å². The first kappa shape index (κ1) is 19.1. The summed E-state index contributed by atoms with van der Waals surface area (Å²) < 4.78 is 33.2. The molecule has 8 nitrogen and oxygen atoms in total. The molecule has 9 heteroatoms. The van der Waals surface area contributed by atoms with E-state index in [-0.39, 0.29) is 23.5 Å². The molecule has 0 radical (unpaired) electrons. The maximum absolute atomic E-state index is 13.3. The quantitative estimate of drug-likeness (QED) is 0.835. The van der Waals surface area contributed by atoms with Crippen molar-refractivity contribution >= 4 is 21.8 Å². The Hall–Kier alpha value is -1.71. The molecule has 1 aromatic heterocycles. The van der Waals surface area contributed by atoms with Crippen molar-refractivity contribution in [3.05, 3.63) is 17.8 Å².